The lowest BCUT2D eigenvalue weighted by atomic mass is 10.2. The first kappa shape index (κ1) is 18.3. The van der Waals surface area contributed by atoms with Crippen LogP contribution in [0.4, 0.5) is 11.4 Å². The molecule has 3 N–H and O–H groups in total. The van der Waals surface area contributed by atoms with Gasteiger partial charge in [0.2, 0.25) is 5.91 Å². The number of anilines is 2. The van der Waals surface area contributed by atoms with Crippen molar-refractivity contribution in [3.8, 4) is 5.75 Å². The van der Waals surface area contributed by atoms with Crippen molar-refractivity contribution in [2.45, 2.75) is 13.8 Å². The quantitative estimate of drug-likeness (QED) is 0.773. The Balaban J connectivity index is 1.86. The van der Waals surface area contributed by atoms with E-state index in [9.17, 15) is 9.59 Å². The first-order valence-corrected chi connectivity index (χ1v) is 8.21. The summed E-state index contributed by atoms with van der Waals surface area (Å²) in [6.45, 7) is 5.96. The van der Waals surface area contributed by atoms with Crippen LogP contribution >= 0.6 is 0 Å². The number of ether oxygens (including phenoxy) is 1. The van der Waals surface area contributed by atoms with Gasteiger partial charge in [-0.15, -0.1) is 0 Å². The molecule has 0 saturated carbocycles. The van der Waals surface area contributed by atoms with Gasteiger partial charge in [0.05, 0.1) is 0 Å². The fraction of sp³-hybridized carbons (Fsp3) is 0.263. The van der Waals surface area contributed by atoms with Crippen LogP contribution in [-0.2, 0) is 4.79 Å². The van der Waals surface area contributed by atoms with E-state index >= 15 is 0 Å². The fourth-order valence-electron chi connectivity index (χ4n) is 2.41. The minimum atomic E-state index is -0.502. The average molecular weight is 341 g/mol. The zero-order valence-electron chi connectivity index (χ0n) is 14.5. The second kappa shape index (κ2) is 8.73. The zero-order valence-corrected chi connectivity index (χ0v) is 14.5. The van der Waals surface area contributed by atoms with Crippen LogP contribution in [0.3, 0.4) is 0 Å². The molecule has 2 aromatic carbocycles. The molecular formula is C19H23N3O3. The molecule has 0 heterocycles. The van der Waals surface area contributed by atoms with Gasteiger partial charge < -0.3 is 20.7 Å². The molecule has 0 spiro atoms. The Morgan fingerprint density at radius 2 is 1.60 bits per heavy atom. The lowest BCUT2D eigenvalue weighted by Gasteiger charge is -2.21. The molecule has 0 bridgehead atoms. The second-order valence-corrected chi connectivity index (χ2v) is 5.44. The number of primary amides is 1. The summed E-state index contributed by atoms with van der Waals surface area (Å²) < 4.78 is 5.40. The predicted molar refractivity (Wildman–Crippen MR) is 99.1 cm³/mol. The largest absolute Gasteiger partial charge is 0.484 e. The summed E-state index contributed by atoms with van der Waals surface area (Å²) in [5.74, 6) is -0.260. The SMILES string of the molecule is CCN(CC)c1ccc(NC(=O)COc2ccc(C(N)=O)cc2)cc1. The van der Waals surface area contributed by atoms with E-state index in [2.05, 4.69) is 24.1 Å². The van der Waals surface area contributed by atoms with Gasteiger partial charge in [0.15, 0.2) is 6.61 Å². The third-order valence-corrected chi connectivity index (χ3v) is 3.79. The molecule has 2 aromatic rings. The van der Waals surface area contributed by atoms with Gasteiger partial charge in [0.25, 0.3) is 5.91 Å². The molecular weight excluding hydrogens is 318 g/mol. The predicted octanol–water partition coefficient (Wildman–Crippen LogP) is 2.65. The number of nitrogens with zero attached hydrogens (tertiary/aromatic N) is 1. The monoisotopic (exact) mass is 341 g/mol. The van der Waals surface area contributed by atoms with E-state index in [1.54, 1.807) is 24.3 Å². The van der Waals surface area contributed by atoms with Crippen LogP contribution < -0.4 is 20.7 Å². The number of carbonyl (C=O) groups excluding carboxylic acids is 2. The number of rotatable bonds is 8. The molecule has 0 atom stereocenters. The summed E-state index contributed by atoms with van der Waals surface area (Å²) in [5, 5.41) is 2.79. The first-order chi connectivity index (χ1) is 12.0. The highest BCUT2D eigenvalue weighted by molar-refractivity contribution is 5.93. The number of hydrogen-bond acceptors (Lipinski definition) is 4. The maximum absolute atomic E-state index is 12.0. The Morgan fingerprint density at radius 3 is 2.12 bits per heavy atom. The molecule has 0 fully saturated rings. The second-order valence-electron chi connectivity index (χ2n) is 5.44. The molecule has 6 heteroatoms. The Bertz CT molecular complexity index is 708. The minimum absolute atomic E-state index is 0.117. The topological polar surface area (TPSA) is 84.7 Å². The van der Waals surface area contributed by atoms with Crippen molar-refractivity contribution in [3.05, 3.63) is 54.1 Å². The van der Waals surface area contributed by atoms with Crippen LogP contribution in [0.25, 0.3) is 0 Å². The molecule has 2 amide bonds. The summed E-state index contributed by atoms with van der Waals surface area (Å²) >= 11 is 0. The van der Waals surface area contributed by atoms with Crippen molar-refractivity contribution in [2.24, 2.45) is 5.73 Å². The molecule has 25 heavy (non-hydrogen) atoms. The van der Waals surface area contributed by atoms with Gasteiger partial charge in [0.1, 0.15) is 5.75 Å². The van der Waals surface area contributed by atoms with Gasteiger partial charge >= 0.3 is 0 Å². The van der Waals surface area contributed by atoms with Gasteiger partial charge in [0, 0.05) is 30.0 Å². The molecule has 132 valence electrons. The number of amides is 2. The lowest BCUT2D eigenvalue weighted by molar-refractivity contribution is -0.118. The standard InChI is InChI=1S/C19H23N3O3/c1-3-22(4-2)16-9-7-15(8-10-16)21-18(23)13-25-17-11-5-14(6-12-17)19(20)24/h5-12H,3-4,13H2,1-2H3,(H2,20,24)(H,21,23). The van der Waals surface area contributed by atoms with E-state index in [-0.39, 0.29) is 12.5 Å². The average Bonchev–Trinajstić information content (AvgIpc) is 2.63. The number of nitrogens with one attached hydrogen (secondary N) is 1. The third-order valence-electron chi connectivity index (χ3n) is 3.79. The van der Waals surface area contributed by atoms with Gasteiger partial charge in [-0.2, -0.15) is 0 Å². The number of carbonyl (C=O) groups is 2. The number of benzene rings is 2. The van der Waals surface area contributed by atoms with Crippen LogP contribution in [0.1, 0.15) is 24.2 Å². The Kier molecular flexibility index (Phi) is 6.39. The smallest absolute Gasteiger partial charge is 0.262 e. The molecule has 0 saturated heterocycles. The summed E-state index contributed by atoms with van der Waals surface area (Å²) in [4.78, 5) is 25.2. The van der Waals surface area contributed by atoms with Crippen molar-refractivity contribution in [1.29, 1.82) is 0 Å². The zero-order chi connectivity index (χ0) is 18.2. The minimum Gasteiger partial charge on any atom is -0.484 e. The molecule has 6 nitrogen and oxygen atoms in total. The molecule has 0 aliphatic rings. The van der Waals surface area contributed by atoms with Crippen molar-refractivity contribution in [1.82, 2.24) is 0 Å². The van der Waals surface area contributed by atoms with E-state index in [4.69, 9.17) is 10.5 Å². The summed E-state index contributed by atoms with van der Waals surface area (Å²) in [6, 6.07) is 14.0. The van der Waals surface area contributed by atoms with Crippen molar-refractivity contribution >= 4 is 23.2 Å². The van der Waals surface area contributed by atoms with Crippen LogP contribution in [0.5, 0.6) is 5.75 Å². The first-order valence-electron chi connectivity index (χ1n) is 8.21. The molecule has 0 radical (unpaired) electrons. The van der Waals surface area contributed by atoms with Crippen LogP contribution in [0.15, 0.2) is 48.5 Å². The summed E-state index contributed by atoms with van der Waals surface area (Å²) in [7, 11) is 0. The highest BCUT2D eigenvalue weighted by Gasteiger charge is 2.06. The molecule has 0 aliphatic heterocycles. The number of nitrogens with two attached hydrogens (primary N) is 1. The van der Waals surface area contributed by atoms with Crippen LogP contribution in [0.2, 0.25) is 0 Å². The maximum Gasteiger partial charge on any atom is 0.262 e. The maximum atomic E-state index is 12.0. The Hall–Kier alpha value is -3.02. The third kappa shape index (κ3) is 5.24. The lowest BCUT2D eigenvalue weighted by Crippen LogP contribution is -2.22. The normalized spacial score (nSPS) is 10.2. The van der Waals surface area contributed by atoms with Gasteiger partial charge in [-0.3, -0.25) is 9.59 Å². The van der Waals surface area contributed by atoms with Gasteiger partial charge in [-0.1, -0.05) is 0 Å². The van der Waals surface area contributed by atoms with Crippen molar-refractivity contribution in [2.75, 3.05) is 29.9 Å². The van der Waals surface area contributed by atoms with Crippen LogP contribution in [-0.4, -0.2) is 31.5 Å². The molecule has 0 aromatic heterocycles. The Labute approximate surface area is 147 Å². The molecule has 0 aliphatic carbocycles. The van der Waals surface area contributed by atoms with E-state index in [1.165, 1.54) is 0 Å². The highest BCUT2D eigenvalue weighted by Crippen LogP contribution is 2.18. The van der Waals surface area contributed by atoms with Gasteiger partial charge in [-0.25, -0.2) is 0 Å². The number of hydrogen-bond donors (Lipinski definition) is 2. The van der Waals surface area contributed by atoms with Gasteiger partial charge in [-0.05, 0) is 62.4 Å². The van der Waals surface area contributed by atoms with E-state index in [0.29, 0.717) is 17.0 Å². The van der Waals surface area contributed by atoms with Crippen LogP contribution in [0, 0.1) is 0 Å². The summed E-state index contributed by atoms with van der Waals surface area (Å²) in [5.41, 5.74) is 7.40. The van der Waals surface area contributed by atoms with E-state index in [0.717, 1.165) is 18.8 Å². The Morgan fingerprint density at radius 1 is 1.00 bits per heavy atom. The van der Waals surface area contributed by atoms with E-state index < -0.39 is 5.91 Å². The van der Waals surface area contributed by atoms with Crippen molar-refractivity contribution < 1.29 is 14.3 Å². The molecule has 2 rings (SSSR count). The fourth-order valence-corrected chi connectivity index (χ4v) is 2.41. The summed E-state index contributed by atoms with van der Waals surface area (Å²) in [6.07, 6.45) is 0. The van der Waals surface area contributed by atoms with E-state index in [1.807, 2.05) is 24.3 Å². The van der Waals surface area contributed by atoms with Crippen molar-refractivity contribution in [3.63, 3.8) is 0 Å². The molecule has 0 unspecified atom stereocenters. The highest BCUT2D eigenvalue weighted by atomic mass is 16.5.